The minimum absolute atomic E-state index is 0.411. The van der Waals surface area contributed by atoms with Gasteiger partial charge in [-0.1, -0.05) is 60.7 Å². The molecule has 4 nitrogen and oxygen atoms in total. The van der Waals surface area contributed by atoms with Crippen molar-refractivity contribution in [3.05, 3.63) is 97.1 Å². The minimum Gasteiger partial charge on any atom is -0.512 e. The molecule has 140 valence electrons. The van der Waals surface area contributed by atoms with Gasteiger partial charge in [0.05, 0.1) is 11.0 Å². The molecule has 0 aliphatic carbocycles. The highest BCUT2D eigenvalue weighted by molar-refractivity contribution is 6.33. The summed E-state index contributed by atoms with van der Waals surface area (Å²) in [5.74, 6) is 0.411. The van der Waals surface area contributed by atoms with Crippen molar-refractivity contribution in [3.63, 3.8) is 0 Å². The van der Waals surface area contributed by atoms with Gasteiger partial charge in [0, 0.05) is 16.5 Å². The van der Waals surface area contributed by atoms with Crippen LogP contribution in [-0.2, 0) is 0 Å². The fourth-order valence-corrected chi connectivity index (χ4v) is 3.88. The second-order valence-corrected chi connectivity index (χ2v) is 6.89. The fraction of sp³-hybridized carbons (Fsp3) is 0. The third kappa shape index (κ3) is 3.16. The number of hydrogen-bond acceptors (Lipinski definition) is 3. The van der Waals surface area contributed by atoms with E-state index in [1.807, 2.05) is 42.5 Å². The van der Waals surface area contributed by atoms with E-state index in [-0.39, 0.29) is 0 Å². The Morgan fingerprint density at radius 1 is 0.621 bits per heavy atom. The number of para-hydroxylation sites is 1. The SMILES string of the molecule is OB(O)Oc1ccc2c(c1)c1ccccc1n2-c1cccc(-c2ccccc2)c1. The summed E-state index contributed by atoms with van der Waals surface area (Å²) in [7, 11) is -1.84. The molecule has 0 aliphatic heterocycles. The van der Waals surface area contributed by atoms with Crippen LogP contribution in [0.25, 0.3) is 38.6 Å². The maximum absolute atomic E-state index is 9.14. The average Bonchev–Trinajstić information content (AvgIpc) is 3.08. The molecule has 0 saturated carbocycles. The predicted molar refractivity (Wildman–Crippen MR) is 117 cm³/mol. The number of rotatable bonds is 4. The van der Waals surface area contributed by atoms with Gasteiger partial charge in [-0.15, -0.1) is 0 Å². The highest BCUT2D eigenvalue weighted by Gasteiger charge is 2.16. The Labute approximate surface area is 168 Å². The molecule has 0 saturated heterocycles. The number of hydrogen-bond donors (Lipinski definition) is 2. The van der Waals surface area contributed by atoms with Crippen LogP contribution in [0.3, 0.4) is 0 Å². The summed E-state index contributed by atoms with van der Waals surface area (Å²) >= 11 is 0. The summed E-state index contributed by atoms with van der Waals surface area (Å²) in [4.78, 5) is 0. The second kappa shape index (κ2) is 7.13. The van der Waals surface area contributed by atoms with Gasteiger partial charge in [-0.05, 0) is 47.5 Å². The monoisotopic (exact) mass is 379 g/mol. The van der Waals surface area contributed by atoms with Crippen LogP contribution in [-0.4, -0.2) is 21.9 Å². The first kappa shape index (κ1) is 17.6. The lowest BCUT2D eigenvalue weighted by Gasteiger charge is -2.11. The van der Waals surface area contributed by atoms with Gasteiger partial charge in [-0.3, -0.25) is 0 Å². The van der Waals surface area contributed by atoms with Gasteiger partial charge in [0.2, 0.25) is 0 Å². The van der Waals surface area contributed by atoms with Crippen LogP contribution in [0, 0.1) is 0 Å². The van der Waals surface area contributed by atoms with E-state index in [1.54, 1.807) is 6.07 Å². The zero-order valence-corrected chi connectivity index (χ0v) is 15.6. The zero-order valence-electron chi connectivity index (χ0n) is 15.6. The molecule has 0 bridgehead atoms. The molecule has 0 unspecified atom stereocenters. The van der Waals surface area contributed by atoms with Crippen molar-refractivity contribution < 1.29 is 14.7 Å². The summed E-state index contributed by atoms with van der Waals surface area (Å²) in [5.41, 5.74) is 5.49. The number of nitrogens with zero attached hydrogens (tertiary/aromatic N) is 1. The van der Waals surface area contributed by atoms with E-state index in [2.05, 4.69) is 53.1 Å². The molecule has 0 amide bonds. The Morgan fingerprint density at radius 3 is 2.17 bits per heavy atom. The number of aromatic nitrogens is 1. The van der Waals surface area contributed by atoms with Crippen LogP contribution < -0.4 is 4.65 Å². The number of benzene rings is 4. The summed E-state index contributed by atoms with van der Waals surface area (Å²) in [6.45, 7) is 0. The van der Waals surface area contributed by atoms with E-state index in [0.29, 0.717) is 5.75 Å². The van der Waals surface area contributed by atoms with Crippen molar-refractivity contribution in [2.45, 2.75) is 0 Å². The number of fused-ring (bicyclic) bond motifs is 3. The largest absolute Gasteiger partial charge is 0.707 e. The molecule has 5 aromatic rings. The predicted octanol–water partition coefficient (Wildman–Crippen LogP) is 4.80. The van der Waals surface area contributed by atoms with Crippen molar-refractivity contribution in [1.29, 1.82) is 0 Å². The molecule has 5 heteroatoms. The third-order valence-corrected chi connectivity index (χ3v) is 5.10. The molecule has 4 aromatic carbocycles. The van der Waals surface area contributed by atoms with Crippen LogP contribution >= 0.6 is 0 Å². The van der Waals surface area contributed by atoms with Crippen LogP contribution in [0.2, 0.25) is 0 Å². The zero-order chi connectivity index (χ0) is 19.8. The summed E-state index contributed by atoms with van der Waals surface area (Å²) < 4.78 is 7.28. The lowest BCUT2D eigenvalue weighted by molar-refractivity contribution is 0.288. The van der Waals surface area contributed by atoms with E-state index < -0.39 is 7.32 Å². The third-order valence-electron chi connectivity index (χ3n) is 5.10. The van der Waals surface area contributed by atoms with E-state index in [1.165, 1.54) is 5.56 Å². The molecule has 0 aliphatic rings. The van der Waals surface area contributed by atoms with Crippen LogP contribution in [0.4, 0.5) is 0 Å². The van der Waals surface area contributed by atoms with Crippen LogP contribution in [0.5, 0.6) is 5.75 Å². The van der Waals surface area contributed by atoms with Crippen molar-refractivity contribution in [2.24, 2.45) is 0 Å². The van der Waals surface area contributed by atoms with Gasteiger partial charge >= 0.3 is 7.32 Å². The fourth-order valence-electron chi connectivity index (χ4n) is 3.88. The van der Waals surface area contributed by atoms with E-state index in [9.17, 15) is 0 Å². The summed E-state index contributed by atoms with van der Waals surface area (Å²) in [6.07, 6.45) is 0. The van der Waals surface area contributed by atoms with Crippen LogP contribution in [0.15, 0.2) is 97.1 Å². The van der Waals surface area contributed by atoms with E-state index in [4.69, 9.17) is 14.7 Å². The Morgan fingerprint density at radius 2 is 1.34 bits per heavy atom. The van der Waals surface area contributed by atoms with Crippen molar-refractivity contribution >= 4 is 29.1 Å². The molecule has 0 spiro atoms. The van der Waals surface area contributed by atoms with Crippen LogP contribution in [0.1, 0.15) is 0 Å². The molecule has 1 aromatic heterocycles. The highest BCUT2D eigenvalue weighted by Crippen LogP contribution is 2.35. The van der Waals surface area contributed by atoms with Gasteiger partial charge in [0.1, 0.15) is 5.75 Å². The maximum Gasteiger partial charge on any atom is 0.707 e. The molecule has 2 N–H and O–H groups in total. The van der Waals surface area contributed by atoms with Gasteiger partial charge in [-0.25, -0.2) is 0 Å². The minimum atomic E-state index is -1.84. The Balaban J connectivity index is 1.74. The Bertz CT molecular complexity index is 1310. The first-order valence-corrected chi connectivity index (χ1v) is 9.42. The Kier molecular flexibility index (Phi) is 4.32. The summed E-state index contributed by atoms with van der Waals surface area (Å²) in [5, 5.41) is 20.3. The van der Waals surface area contributed by atoms with Gasteiger partial charge < -0.3 is 19.3 Å². The molecule has 1 heterocycles. The topological polar surface area (TPSA) is 54.6 Å². The Hall–Kier alpha value is -3.54. The molecular weight excluding hydrogens is 361 g/mol. The van der Waals surface area contributed by atoms with Crippen molar-refractivity contribution in [3.8, 4) is 22.6 Å². The average molecular weight is 379 g/mol. The quantitative estimate of drug-likeness (QED) is 0.441. The lowest BCUT2D eigenvalue weighted by atomic mass is 10.1. The molecule has 0 fully saturated rings. The maximum atomic E-state index is 9.14. The molecule has 5 rings (SSSR count). The summed E-state index contributed by atoms with van der Waals surface area (Å²) in [6, 6.07) is 32.5. The molecule has 29 heavy (non-hydrogen) atoms. The van der Waals surface area contributed by atoms with Gasteiger partial charge in [0.25, 0.3) is 0 Å². The van der Waals surface area contributed by atoms with Gasteiger partial charge in [-0.2, -0.15) is 0 Å². The van der Waals surface area contributed by atoms with E-state index in [0.717, 1.165) is 33.1 Å². The van der Waals surface area contributed by atoms with Crippen molar-refractivity contribution in [2.75, 3.05) is 0 Å². The van der Waals surface area contributed by atoms with Gasteiger partial charge in [0.15, 0.2) is 0 Å². The smallest absolute Gasteiger partial charge is 0.512 e. The standard InChI is InChI=1S/C24H18BNO3/c27-25(28)29-20-13-14-24-22(16-20)21-11-4-5-12-23(21)26(24)19-10-6-9-18(15-19)17-7-2-1-3-8-17/h1-16,27-28H. The molecule has 0 atom stereocenters. The van der Waals surface area contributed by atoms with E-state index >= 15 is 0 Å². The first-order chi connectivity index (χ1) is 14.2. The second-order valence-electron chi connectivity index (χ2n) is 6.89. The van der Waals surface area contributed by atoms with Crippen molar-refractivity contribution in [1.82, 2.24) is 4.57 Å². The molecular formula is C24H18BNO3. The lowest BCUT2D eigenvalue weighted by Crippen LogP contribution is -2.20. The first-order valence-electron chi connectivity index (χ1n) is 9.42. The molecule has 0 radical (unpaired) electrons. The normalized spacial score (nSPS) is 11.1. The highest BCUT2D eigenvalue weighted by atomic mass is 16.6.